The molecule has 7 heteroatoms. The van der Waals surface area contributed by atoms with Crippen molar-refractivity contribution in [2.75, 3.05) is 11.9 Å². The number of nitrogens with one attached hydrogen (secondary N) is 1. The van der Waals surface area contributed by atoms with Gasteiger partial charge in [0.25, 0.3) is 0 Å². The molecule has 3 aromatic rings. The van der Waals surface area contributed by atoms with Gasteiger partial charge < -0.3 is 14.5 Å². The van der Waals surface area contributed by atoms with Crippen LogP contribution in [0.15, 0.2) is 52.3 Å². The molecule has 0 bridgehead atoms. The summed E-state index contributed by atoms with van der Waals surface area (Å²) in [6.45, 7) is 3.80. The van der Waals surface area contributed by atoms with Crippen molar-refractivity contribution < 1.29 is 18.7 Å². The molecule has 0 saturated heterocycles. The van der Waals surface area contributed by atoms with E-state index in [-0.39, 0.29) is 12.5 Å². The van der Waals surface area contributed by atoms with Gasteiger partial charge in [-0.1, -0.05) is 23.7 Å². The summed E-state index contributed by atoms with van der Waals surface area (Å²) >= 11 is 7.21. The molecule has 0 radical (unpaired) electrons. The van der Waals surface area contributed by atoms with Gasteiger partial charge in [-0.3, -0.25) is 4.79 Å². The Morgan fingerprint density at radius 3 is 2.61 bits per heavy atom. The number of furan rings is 1. The van der Waals surface area contributed by atoms with E-state index in [4.69, 9.17) is 20.8 Å². The van der Waals surface area contributed by atoms with E-state index in [0.29, 0.717) is 26.9 Å². The smallest absolute Gasteiger partial charge is 0.341 e. The molecule has 2 heterocycles. The van der Waals surface area contributed by atoms with Gasteiger partial charge in [0.2, 0.25) is 5.91 Å². The number of carbonyl (C=O) groups is 2. The Morgan fingerprint density at radius 1 is 1.21 bits per heavy atom. The summed E-state index contributed by atoms with van der Waals surface area (Å²) in [4.78, 5) is 24.8. The Hall–Kier alpha value is -2.83. The van der Waals surface area contributed by atoms with Crippen molar-refractivity contribution in [2.24, 2.45) is 0 Å². The molecule has 0 spiro atoms. The van der Waals surface area contributed by atoms with Gasteiger partial charge in [0.15, 0.2) is 0 Å². The molecule has 5 nitrogen and oxygen atoms in total. The van der Waals surface area contributed by atoms with Crippen LogP contribution in [0.3, 0.4) is 0 Å². The fourth-order valence-electron chi connectivity index (χ4n) is 2.55. The third-order valence-corrected chi connectivity index (χ3v) is 4.97. The molecular weight excluding hydrogens is 398 g/mol. The molecule has 1 N–H and O–H groups in total. The molecule has 1 amide bonds. The van der Waals surface area contributed by atoms with Gasteiger partial charge in [-0.15, -0.1) is 11.3 Å². The minimum atomic E-state index is -0.491. The van der Waals surface area contributed by atoms with Crippen molar-refractivity contribution in [3.05, 3.63) is 70.0 Å². The van der Waals surface area contributed by atoms with Crippen LogP contribution in [0.25, 0.3) is 17.2 Å². The van der Waals surface area contributed by atoms with Crippen molar-refractivity contribution in [1.29, 1.82) is 0 Å². The maximum Gasteiger partial charge on any atom is 0.341 e. The molecule has 0 fully saturated rings. The standard InChI is InChI=1S/C21H18ClNO4S/c1-3-26-21(25)19-17(14-5-7-15(22)8-6-14)12-28-20(19)23-18(24)11-10-16-9-4-13(2)27-16/h4-12H,3H2,1-2H3,(H,23,24). The van der Waals surface area contributed by atoms with Crippen LogP contribution in [0, 0.1) is 6.92 Å². The van der Waals surface area contributed by atoms with Crippen molar-refractivity contribution in [3.63, 3.8) is 0 Å². The first kappa shape index (κ1) is 19.9. The average Bonchev–Trinajstić information content (AvgIpc) is 3.27. The maximum absolute atomic E-state index is 12.5. The number of halogens is 1. The number of carbonyl (C=O) groups excluding carboxylic acids is 2. The third-order valence-electron chi connectivity index (χ3n) is 3.82. The number of amides is 1. The zero-order chi connectivity index (χ0) is 20.1. The molecule has 0 aliphatic rings. The lowest BCUT2D eigenvalue weighted by Gasteiger charge is -2.08. The van der Waals surface area contributed by atoms with E-state index >= 15 is 0 Å². The van der Waals surface area contributed by atoms with Gasteiger partial charge in [0.1, 0.15) is 22.1 Å². The topological polar surface area (TPSA) is 68.5 Å². The zero-order valence-electron chi connectivity index (χ0n) is 15.3. The number of hydrogen-bond donors (Lipinski definition) is 1. The lowest BCUT2D eigenvalue weighted by Crippen LogP contribution is -2.12. The van der Waals surface area contributed by atoms with E-state index in [2.05, 4.69) is 5.32 Å². The second kappa shape index (κ2) is 8.91. The van der Waals surface area contributed by atoms with Crippen molar-refractivity contribution >= 4 is 45.9 Å². The Bertz CT molecular complexity index is 1020. The summed E-state index contributed by atoms with van der Waals surface area (Å²) in [5, 5.41) is 5.59. The molecule has 0 atom stereocenters. The predicted octanol–water partition coefficient (Wildman–Crippen LogP) is 5.80. The fourth-order valence-corrected chi connectivity index (χ4v) is 3.64. The molecule has 2 aromatic heterocycles. The van der Waals surface area contributed by atoms with Crippen LogP contribution in [0.4, 0.5) is 5.00 Å². The van der Waals surface area contributed by atoms with Gasteiger partial charge in [-0.2, -0.15) is 0 Å². The van der Waals surface area contributed by atoms with Crippen LogP contribution >= 0.6 is 22.9 Å². The molecule has 144 valence electrons. The fraction of sp³-hybridized carbons (Fsp3) is 0.143. The highest BCUT2D eigenvalue weighted by Gasteiger charge is 2.22. The Labute approximate surface area is 171 Å². The number of ether oxygens (including phenoxy) is 1. The first-order valence-corrected chi connectivity index (χ1v) is 9.83. The molecule has 28 heavy (non-hydrogen) atoms. The number of esters is 1. The third kappa shape index (κ3) is 4.71. The second-order valence-corrected chi connectivity index (χ2v) is 7.17. The van der Waals surface area contributed by atoms with E-state index in [9.17, 15) is 9.59 Å². The van der Waals surface area contributed by atoms with Gasteiger partial charge in [0, 0.05) is 22.0 Å². The molecule has 0 aliphatic heterocycles. The lowest BCUT2D eigenvalue weighted by molar-refractivity contribution is -0.111. The van der Waals surface area contributed by atoms with Crippen LogP contribution in [0.2, 0.25) is 5.02 Å². The Balaban J connectivity index is 1.87. The summed E-state index contributed by atoms with van der Waals surface area (Å²) < 4.78 is 10.6. The minimum Gasteiger partial charge on any atom is -0.462 e. The number of aryl methyl sites for hydroxylation is 1. The average molecular weight is 416 g/mol. The number of thiophene rings is 1. The van der Waals surface area contributed by atoms with Crippen molar-refractivity contribution in [3.8, 4) is 11.1 Å². The van der Waals surface area contributed by atoms with Crippen molar-refractivity contribution in [1.82, 2.24) is 0 Å². The second-order valence-electron chi connectivity index (χ2n) is 5.85. The number of rotatable bonds is 6. The molecular formula is C21H18ClNO4S. The molecule has 1 aromatic carbocycles. The Morgan fingerprint density at radius 2 is 1.96 bits per heavy atom. The van der Waals surface area contributed by atoms with E-state index in [1.165, 1.54) is 17.4 Å². The number of benzene rings is 1. The summed E-state index contributed by atoms with van der Waals surface area (Å²) in [6.07, 6.45) is 2.93. The van der Waals surface area contributed by atoms with E-state index in [1.807, 2.05) is 30.5 Å². The lowest BCUT2D eigenvalue weighted by atomic mass is 10.0. The minimum absolute atomic E-state index is 0.236. The quantitative estimate of drug-likeness (QED) is 0.408. The SMILES string of the molecule is CCOC(=O)c1c(-c2ccc(Cl)cc2)csc1NC(=O)C=Cc1ccc(C)o1. The maximum atomic E-state index is 12.5. The van der Waals surface area contributed by atoms with Crippen LogP contribution < -0.4 is 5.32 Å². The highest BCUT2D eigenvalue weighted by atomic mass is 35.5. The summed E-state index contributed by atoms with van der Waals surface area (Å²) in [6, 6.07) is 10.7. The monoisotopic (exact) mass is 415 g/mol. The van der Waals surface area contributed by atoms with E-state index < -0.39 is 5.97 Å². The summed E-state index contributed by atoms with van der Waals surface area (Å²) in [7, 11) is 0. The number of hydrogen-bond acceptors (Lipinski definition) is 5. The summed E-state index contributed by atoms with van der Waals surface area (Å²) in [5.41, 5.74) is 1.82. The van der Waals surface area contributed by atoms with E-state index in [1.54, 1.807) is 31.2 Å². The molecule has 0 unspecified atom stereocenters. The van der Waals surface area contributed by atoms with Gasteiger partial charge >= 0.3 is 5.97 Å². The highest BCUT2D eigenvalue weighted by Crippen LogP contribution is 2.36. The normalized spacial score (nSPS) is 11.0. The Kier molecular flexibility index (Phi) is 6.34. The van der Waals surface area contributed by atoms with Crippen LogP contribution in [0.5, 0.6) is 0 Å². The van der Waals surface area contributed by atoms with Crippen LogP contribution in [0.1, 0.15) is 28.8 Å². The molecule has 3 rings (SSSR count). The molecule has 0 aliphatic carbocycles. The first-order valence-electron chi connectivity index (χ1n) is 8.58. The van der Waals surface area contributed by atoms with E-state index in [0.717, 1.165) is 11.3 Å². The van der Waals surface area contributed by atoms with Gasteiger partial charge in [0.05, 0.1) is 6.61 Å². The van der Waals surface area contributed by atoms with Gasteiger partial charge in [-0.25, -0.2) is 4.79 Å². The summed E-state index contributed by atoms with van der Waals surface area (Å²) in [5.74, 6) is 0.473. The first-order chi connectivity index (χ1) is 13.5. The molecule has 0 saturated carbocycles. The van der Waals surface area contributed by atoms with Gasteiger partial charge in [-0.05, 0) is 49.8 Å². The zero-order valence-corrected chi connectivity index (χ0v) is 16.9. The van der Waals surface area contributed by atoms with Crippen LogP contribution in [-0.2, 0) is 9.53 Å². The largest absolute Gasteiger partial charge is 0.462 e. The highest BCUT2D eigenvalue weighted by molar-refractivity contribution is 7.15. The number of anilines is 1. The predicted molar refractivity (Wildman–Crippen MR) is 112 cm³/mol. The van der Waals surface area contributed by atoms with Crippen LogP contribution in [-0.4, -0.2) is 18.5 Å². The van der Waals surface area contributed by atoms with Crippen molar-refractivity contribution in [2.45, 2.75) is 13.8 Å².